The van der Waals surface area contributed by atoms with E-state index in [0.717, 1.165) is 12.4 Å². The second kappa shape index (κ2) is 9.56. The van der Waals surface area contributed by atoms with Gasteiger partial charge in [-0.2, -0.15) is 0 Å². The normalized spacial score (nSPS) is 10.1. The van der Waals surface area contributed by atoms with Crippen LogP contribution in [0.5, 0.6) is 0 Å². The summed E-state index contributed by atoms with van der Waals surface area (Å²) in [5.74, 6) is 0.164. The lowest BCUT2D eigenvalue weighted by Crippen LogP contribution is -2.22. The summed E-state index contributed by atoms with van der Waals surface area (Å²) in [6.45, 7) is 2.96. The van der Waals surface area contributed by atoms with Crippen molar-refractivity contribution < 1.29 is 24.3 Å². The van der Waals surface area contributed by atoms with Gasteiger partial charge in [-0.05, 0) is 31.2 Å². The number of aryl methyl sites for hydroxylation is 1. The highest BCUT2D eigenvalue weighted by atomic mass is 35.5. The fourth-order valence-electron chi connectivity index (χ4n) is 2.60. The minimum Gasteiger partial charge on any atom is -0.483 e. The molecule has 0 atom stereocenters. The molecule has 3 rings (SSSR count). The largest absolute Gasteiger partial charge is 0.483 e. The van der Waals surface area contributed by atoms with Crippen LogP contribution in [-0.2, 0) is 17.9 Å². The average molecular weight is 407 g/mol. The van der Waals surface area contributed by atoms with Gasteiger partial charge in [0.2, 0.25) is 0 Å². The first-order chi connectivity index (χ1) is 13.4. The standard InChI is InChI=1S/C17H17ClN4O3.CH2O2/c1-3-22-9-8-19-13(22)10-21(2)16-14(17(23)24)15(25-20-16)11-4-6-12(18)7-5-11;2-1-3/h4-9H,3,10H2,1-2H3,(H,23,24);1H,(H,2,3). The number of imidazole rings is 1. The van der Waals surface area contributed by atoms with Crippen LogP contribution in [0.4, 0.5) is 5.82 Å². The van der Waals surface area contributed by atoms with E-state index in [4.69, 9.17) is 26.0 Å². The molecule has 148 valence electrons. The van der Waals surface area contributed by atoms with Gasteiger partial charge in [0.05, 0.1) is 6.54 Å². The highest BCUT2D eigenvalue weighted by Crippen LogP contribution is 2.32. The van der Waals surface area contributed by atoms with E-state index in [0.29, 0.717) is 17.1 Å². The van der Waals surface area contributed by atoms with Crippen molar-refractivity contribution in [3.63, 3.8) is 0 Å². The molecule has 0 radical (unpaired) electrons. The third kappa shape index (κ3) is 4.68. The first-order valence-electron chi connectivity index (χ1n) is 8.20. The number of benzene rings is 1. The molecule has 0 spiro atoms. The number of nitrogens with zero attached hydrogens (tertiary/aromatic N) is 4. The summed E-state index contributed by atoms with van der Waals surface area (Å²) in [6, 6.07) is 6.74. The highest BCUT2D eigenvalue weighted by Gasteiger charge is 2.26. The summed E-state index contributed by atoms with van der Waals surface area (Å²) >= 11 is 5.89. The van der Waals surface area contributed by atoms with Crippen LogP contribution in [0.15, 0.2) is 41.2 Å². The Morgan fingerprint density at radius 2 is 2.00 bits per heavy atom. The predicted octanol–water partition coefficient (Wildman–Crippen LogP) is 3.25. The van der Waals surface area contributed by atoms with Gasteiger partial charge in [-0.15, -0.1) is 0 Å². The van der Waals surface area contributed by atoms with E-state index >= 15 is 0 Å². The fraction of sp³-hybridized carbons (Fsp3) is 0.222. The Bertz CT molecular complexity index is 936. The third-order valence-electron chi connectivity index (χ3n) is 3.88. The number of carboxylic acid groups (broad SMARTS) is 2. The number of anilines is 1. The number of carboxylic acids is 1. The van der Waals surface area contributed by atoms with Crippen LogP contribution in [0.3, 0.4) is 0 Å². The minimum atomic E-state index is -1.10. The highest BCUT2D eigenvalue weighted by molar-refractivity contribution is 6.30. The number of aromatic nitrogens is 3. The number of aromatic carboxylic acids is 1. The van der Waals surface area contributed by atoms with Crippen molar-refractivity contribution in [2.45, 2.75) is 20.0 Å². The molecule has 0 aliphatic rings. The zero-order valence-corrected chi connectivity index (χ0v) is 16.0. The first kappa shape index (κ1) is 21.0. The summed E-state index contributed by atoms with van der Waals surface area (Å²) < 4.78 is 7.32. The van der Waals surface area contributed by atoms with Gasteiger partial charge >= 0.3 is 5.97 Å². The molecule has 0 amide bonds. The van der Waals surface area contributed by atoms with Gasteiger partial charge in [-0.25, -0.2) is 9.78 Å². The van der Waals surface area contributed by atoms with Crippen LogP contribution in [-0.4, -0.2) is 44.4 Å². The van der Waals surface area contributed by atoms with Crippen molar-refractivity contribution in [2.75, 3.05) is 11.9 Å². The van der Waals surface area contributed by atoms with Gasteiger partial charge < -0.3 is 24.2 Å². The van der Waals surface area contributed by atoms with E-state index in [2.05, 4.69) is 10.1 Å². The van der Waals surface area contributed by atoms with Crippen LogP contribution >= 0.6 is 11.6 Å². The molecule has 0 saturated heterocycles. The second-order valence-corrected chi connectivity index (χ2v) is 6.05. The summed E-state index contributed by atoms with van der Waals surface area (Å²) in [6.07, 6.45) is 3.59. The average Bonchev–Trinajstić information content (AvgIpc) is 3.29. The van der Waals surface area contributed by atoms with Crippen LogP contribution < -0.4 is 4.90 Å². The van der Waals surface area contributed by atoms with E-state index < -0.39 is 5.97 Å². The van der Waals surface area contributed by atoms with E-state index in [1.807, 2.05) is 17.7 Å². The SMILES string of the molecule is CCn1ccnc1CN(C)c1noc(-c2ccc(Cl)cc2)c1C(=O)O.O=CO. The number of rotatable bonds is 6. The van der Waals surface area contributed by atoms with Crippen LogP contribution in [0.25, 0.3) is 11.3 Å². The molecule has 0 aliphatic carbocycles. The summed E-state index contributed by atoms with van der Waals surface area (Å²) in [5.41, 5.74) is 0.614. The molecular formula is C18H19ClN4O5. The lowest BCUT2D eigenvalue weighted by atomic mass is 10.1. The van der Waals surface area contributed by atoms with Crippen LogP contribution in [0, 0.1) is 0 Å². The van der Waals surface area contributed by atoms with Gasteiger partial charge in [0.25, 0.3) is 6.47 Å². The van der Waals surface area contributed by atoms with E-state index in [-0.39, 0.29) is 23.6 Å². The summed E-state index contributed by atoms with van der Waals surface area (Å²) in [5, 5.41) is 21.1. The maximum atomic E-state index is 11.8. The Balaban J connectivity index is 0.000000878. The lowest BCUT2D eigenvalue weighted by Gasteiger charge is -2.16. The van der Waals surface area contributed by atoms with Gasteiger partial charge in [0, 0.05) is 36.6 Å². The molecule has 0 fully saturated rings. The monoisotopic (exact) mass is 406 g/mol. The summed E-state index contributed by atoms with van der Waals surface area (Å²) in [7, 11) is 1.75. The Labute approximate surface area is 165 Å². The fourth-order valence-corrected chi connectivity index (χ4v) is 2.73. The van der Waals surface area contributed by atoms with E-state index in [1.165, 1.54) is 0 Å². The number of carbonyl (C=O) groups is 2. The third-order valence-corrected chi connectivity index (χ3v) is 4.13. The molecule has 28 heavy (non-hydrogen) atoms. The molecule has 0 saturated carbocycles. The maximum absolute atomic E-state index is 11.8. The van der Waals surface area contributed by atoms with Gasteiger partial charge in [-0.3, -0.25) is 4.79 Å². The predicted molar refractivity (Wildman–Crippen MR) is 103 cm³/mol. The van der Waals surface area contributed by atoms with Gasteiger partial charge in [0.1, 0.15) is 5.82 Å². The molecule has 10 heteroatoms. The Morgan fingerprint density at radius 1 is 1.36 bits per heavy atom. The van der Waals surface area contributed by atoms with Crippen molar-refractivity contribution in [1.29, 1.82) is 0 Å². The molecule has 2 aromatic heterocycles. The Morgan fingerprint density at radius 3 is 2.57 bits per heavy atom. The van der Waals surface area contributed by atoms with Gasteiger partial charge in [-0.1, -0.05) is 16.8 Å². The van der Waals surface area contributed by atoms with Crippen molar-refractivity contribution >= 4 is 29.9 Å². The molecule has 3 aromatic rings. The van der Waals surface area contributed by atoms with Crippen molar-refractivity contribution in [3.05, 3.63) is 53.1 Å². The molecule has 0 aliphatic heterocycles. The zero-order valence-electron chi connectivity index (χ0n) is 15.2. The quantitative estimate of drug-likeness (QED) is 0.598. The lowest BCUT2D eigenvalue weighted by molar-refractivity contribution is -0.122. The number of hydrogen-bond donors (Lipinski definition) is 2. The van der Waals surface area contributed by atoms with Crippen molar-refractivity contribution in [2.24, 2.45) is 0 Å². The molecular weight excluding hydrogens is 388 g/mol. The molecule has 2 heterocycles. The van der Waals surface area contributed by atoms with Crippen LogP contribution in [0.2, 0.25) is 5.02 Å². The number of halogens is 1. The van der Waals surface area contributed by atoms with Gasteiger partial charge in [0.15, 0.2) is 17.1 Å². The van der Waals surface area contributed by atoms with E-state index in [9.17, 15) is 9.90 Å². The summed E-state index contributed by atoms with van der Waals surface area (Å²) in [4.78, 5) is 26.2. The molecule has 1 aromatic carbocycles. The smallest absolute Gasteiger partial charge is 0.343 e. The van der Waals surface area contributed by atoms with Crippen molar-refractivity contribution in [3.8, 4) is 11.3 Å². The second-order valence-electron chi connectivity index (χ2n) is 5.61. The van der Waals surface area contributed by atoms with E-state index in [1.54, 1.807) is 42.4 Å². The van der Waals surface area contributed by atoms with Crippen molar-refractivity contribution in [1.82, 2.24) is 14.7 Å². The molecule has 2 N–H and O–H groups in total. The van der Waals surface area contributed by atoms with Crippen LogP contribution in [0.1, 0.15) is 23.1 Å². The Kier molecular flexibility index (Phi) is 7.16. The topological polar surface area (TPSA) is 122 Å². The molecule has 9 nitrogen and oxygen atoms in total. The zero-order chi connectivity index (χ0) is 20.7. The maximum Gasteiger partial charge on any atom is 0.343 e. The molecule has 0 unspecified atom stereocenters. The minimum absolute atomic E-state index is 0.0134. The number of hydrogen-bond acceptors (Lipinski definition) is 6. The molecule has 0 bridgehead atoms. The Hall–Kier alpha value is -3.33. The first-order valence-corrected chi connectivity index (χ1v) is 8.58.